The maximum absolute atomic E-state index is 5.75. The van der Waals surface area contributed by atoms with Crippen LogP contribution in [-0.2, 0) is 0 Å². The van der Waals surface area contributed by atoms with E-state index in [2.05, 4.69) is 51.7 Å². The molecule has 2 nitrogen and oxygen atoms in total. The summed E-state index contributed by atoms with van der Waals surface area (Å²) >= 11 is 0. The molecule has 0 saturated carbocycles. The van der Waals surface area contributed by atoms with Crippen LogP contribution in [0.4, 0.5) is 5.69 Å². The lowest BCUT2D eigenvalue weighted by Crippen LogP contribution is -2.32. The molecular weight excluding hydrogens is 244 g/mol. The van der Waals surface area contributed by atoms with Crippen LogP contribution in [-0.4, -0.2) is 24.5 Å². The summed E-state index contributed by atoms with van der Waals surface area (Å²) in [6.07, 6.45) is 1.21. The number of nitrogen functional groups attached to an aromatic ring is 1. The van der Waals surface area contributed by atoms with E-state index in [0.29, 0.717) is 5.92 Å². The first-order valence-electron chi connectivity index (χ1n) is 7.96. The quantitative estimate of drug-likeness (QED) is 0.714. The predicted octanol–water partition coefficient (Wildman–Crippen LogP) is 4.38. The molecule has 114 valence electrons. The average molecular weight is 276 g/mol. The van der Waals surface area contributed by atoms with Gasteiger partial charge >= 0.3 is 0 Å². The molecule has 1 unspecified atom stereocenters. The molecule has 0 aliphatic carbocycles. The van der Waals surface area contributed by atoms with Gasteiger partial charge < -0.3 is 10.6 Å². The minimum atomic E-state index is 0.595. The number of benzene rings is 1. The van der Waals surface area contributed by atoms with Crippen LogP contribution < -0.4 is 5.73 Å². The summed E-state index contributed by atoms with van der Waals surface area (Å²) in [6, 6.07) is 8.34. The van der Waals surface area contributed by atoms with Crippen LogP contribution in [0.15, 0.2) is 24.3 Å². The standard InChI is InChI=1S/C18H32N2/c1-14(2)12-20(13-15(3)4)11-10-16(5)17-6-8-18(19)9-7-17/h6-9,14-16H,10-13,19H2,1-5H3. The maximum Gasteiger partial charge on any atom is 0.0314 e. The van der Waals surface area contributed by atoms with Crippen LogP contribution in [0.25, 0.3) is 0 Å². The molecular formula is C18H32N2. The Labute approximate surface area is 125 Å². The average Bonchev–Trinajstić information content (AvgIpc) is 2.35. The van der Waals surface area contributed by atoms with Gasteiger partial charge in [0.1, 0.15) is 0 Å². The Balaban J connectivity index is 2.50. The Hall–Kier alpha value is -1.02. The van der Waals surface area contributed by atoms with E-state index in [1.54, 1.807) is 0 Å². The first kappa shape index (κ1) is 17.0. The largest absolute Gasteiger partial charge is 0.399 e. The SMILES string of the molecule is CC(C)CN(CCC(C)c1ccc(N)cc1)CC(C)C. The summed E-state index contributed by atoms with van der Waals surface area (Å²) in [6.45, 7) is 15.1. The third-order valence-electron chi connectivity index (χ3n) is 3.63. The molecule has 0 aliphatic heterocycles. The third-order valence-corrected chi connectivity index (χ3v) is 3.63. The summed E-state index contributed by atoms with van der Waals surface area (Å²) in [5.41, 5.74) is 8.00. The van der Waals surface area contributed by atoms with E-state index in [1.165, 1.54) is 31.6 Å². The number of hydrogen-bond acceptors (Lipinski definition) is 2. The Kier molecular flexibility index (Phi) is 7.08. The van der Waals surface area contributed by atoms with Crippen molar-refractivity contribution in [1.29, 1.82) is 0 Å². The molecule has 2 N–H and O–H groups in total. The molecule has 20 heavy (non-hydrogen) atoms. The van der Waals surface area contributed by atoms with Crippen molar-refractivity contribution < 1.29 is 0 Å². The van der Waals surface area contributed by atoms with Crippen molar-refractivity contribution in [3.05, 3.63) is 29.8 Å². The van der Waals surface area contributed by atoms with Crippen LogP contribution >= 0.6 is 0 Å². The first-order valence-corrected chi connectivity index (χ1v) is 7.96. The third kappa shape index (κ3) is 6.42. The van der Waals surface area contributed by atoms with E-state index in [-0.39, 0.29) is 0 Å². The molecule has 0 bridgehead atoms. The molecule has 1 rings (SSSR count). The van der Waals surface area contributed by atoms with E-state index in [1.807, 2.05) is 12.1 Å². The van der Waals surface area contributed by atoms with E-state index in [9.17, 15) is 0 Å². The molecule has 0 fully saturated rings. The number of anilines is 1. The molecule has 1 aromatic carbocycles. The lowest BCUT2D eigenvalue weighted by Gasteiger charge is -2.27. The lowest BCUT2D eigenvalue weighted by atomic mass is 9.97. The van der Waals surface area contributed by atoms with Gasteiger partial charge in [-0.2, -0.15) is 0 Å². The summed E-state index contributed by atoms with van der Waals surface area (Å²) < 4.78 is 0. The second-order valence-corrected chi connectivity index (χ2v) is 6.90. The van der Waals surface area contributed by atoms with E-state index < -0.39 is 0 Å². The maximum atomic E-state index is 5.75. The van der Waals surface area contributed by atoms with Gasteiger partial charge in [-0.15, -0.1) is 0 Å². The molecule has 0 spiro atoms. The van der Waals surface area contributed by atoms with Crippen LogP contribution in [0.3, 0.4) is 0 Å². The van der Waals surface area contributed by atoms with Gasteiger partial charge in [-0.3, -0.25) is 0 Å². The van der Waals surface area contributed by atoms with Crippen molar-refractivity contribution in [2.45, 2.75) is 47.0 Å². The molecule has 1 aromatic rings. The zero-order valence-electron chi connectivity index (χ0n) is 13.9. The van der Waals surface area contributed by atoms with Crippen LogP contribution in [0.1, 0.15) is 52.5 Å². The number of nitrogens with zero attached hydrogens (tertiary/aromatic N) is 1. The van der Waals surface area contributed by atoms with E-state index >= 15 is 0 Å². The van der Waals surface area contributed by atoms with Crippen LogP contribution in [0, 0.1) is 11.8 Å². The minimum absolute atomic E-state index is 0.595. The lowest BCUT2D eigenvalue weighted by molar-refractivity contribution is 0.213. The minimum Gasteiger partial charge on any atom is -0.399 e. The van der Waals surface area contributed by atoms with Gasteiger partial charge in [-0.1, -0.05) is 46.8 Å². The second kappa shape index (κ2) is 8.31. The van der Waals surface area contributed by atoms with Crippen LogP contribution in [0.2, 0.25) is 0 Å². The smallest absolute Gasteiger partial charge is 0.0314 e. The fraction of sp³-hybridized carbons (Fsp3) is 0.667. The van der Waals surface area contributed by atoms with E-state index in [0.717, 1.165) is 17.5 Å². The molecule has 0 aromatic heterocycles. The molecule has 0 heterocycles. The second-order valence-electron chi connectivity index (χ2n) is 6.90. The highest BCUT2D eigenvalue weighted by atomic mass is 15.1. The first-order chi connectivity index (χ1) is 9.38. The van der Waals surface area contributed by atoms with Crippen molar-refractivity contribution in [2.75, 3.05) is 25.4 Å². The Bertz CT molecular complexity index is 358. The van der Waals surface area contributed by atoms with Gasteiger partial charge in [0.15, 0.2) is 0 Å². The molecule has 0 aliphatic rings. The zero-order chi connectivity index (χ0) is 15.1. The van der Waals surface area contributed by atoms with Gasteiger partial charge in [-0.05, 0) is 48.4 Å². The van der Waals surface area contributed by atoms with Gasteiger partial charge in [0.25, 0.3) is 0 Å². The number of rotatable bonds is 8. The van der Waals surface area contributed by atoms with Gasteiger partial charge in [-0.25, -0.2) is 0 Å². The molecule has 0 radical (unpaired) electrons. The van der Waals surface area contributed by atoms with Gasteiger partial charge in [0.05, 0.1) is 0 Å². The number of nitrogens with two attached hydrogens (primary N) is 1. The topological polar surface area (TPSA) is 29.3 Å². The fourth-order valence-corrected chi connectivity index (χ4v) is 2.66. The Morgan fingerprint density at radius 3 is 1.85 bits per heavy atom. The van der Waals surface area contributed by atoms with Crippen molar-refractivity contribution in [2.24, 2.45) is 11.8 Å². The zero-order valence-corrected chi connectivity index (χ0v) is 13.9. The Morgan fingerprint density at radius 2 is 1.40 bits per heavy atom. The van der Waals surface area contributed by atoms with Crippen LogP contribution in [0.5, 0.6) is 0 Å². The normalized spacial score (nSPS) is 13.4. The van der Waals surface area contributed by atoms with Crippen molar-refractivity contribution in [3.63, 3.8) is 0 Å². The summed E-state index contributed by atoms with van der Waals surface area (Å²) in [4.78, 5) is 2.61. The summed E-state index contributed by atoms with van der Waals surface area (Å²) in [5, 5.41) is 0. The predicted molar refractivity (Wildman–Crippen MR) is 90.0 cm³/mol. The van der Waals surface area contributed by atoms with Gasteiger partial charge in [0, 0.05) is 18.8 Å². The molecule has 0 saturated heterocycles. The summed E-state index contributed by atoms with van der Waals surface area (Å²) in [7, 11) is 0. The number of hydrogen-bond donors (Lipinski definition) is 1. The molecule has 1 atom stereocenters. The highest BCUT2D eigenvalue weighted by molar-refractivity contribution is 5.40. The van der Waals surface area contributed by atoms with Crippen molar-refractivity contribution in [3.8, 4) is 0 Å². The van der Waals surface area contributed by atoms with Crippen molar-refractivity contribution >= 4 is 5.69 Å². The highest BCUT2D eigenvalue weighted by Crippen LogP contribution is 2.21. The van der Waals surface area contributed by atoms with Crippen molar-refractivity contribution in [1.82, 2.24) is 4.90 Å². The summed E-state index contributed by atoms with van der Waals surface area (Å²) in [5.74, 6) is 2.07. The fourth-order valence-electron chi connectivity index (χ4n) is 2.66. The highest BCUT2D eigenvalue weighted by Gasteiger charge is 2.12. The molecule has 0 amide bonds. The van der Waals surface area contributed by atoms with E-state index in [4.69, 9.17) is 5.73 Å². The Morgan fingerprint density at radius 1 is 0.900 bits per heavy atom. The van der Waals surface area contributed by atoms with Gasteiger partial charge in [0.2, 0.25) is 0 Å². The molecule has 2 heteroatoms. The monoisotopic (exact) mass is 276 g/mol.